The molecule has 0 spiro atoms. The van der Waals surface area contributed by atoms with E-state index in [1.165, 1.54) is 12.8 Å². The normalized spacial score (nSPS) is 15.7. The molecule has 6 heteroatoms. The van der Waals surface area contributed by atoms with Crippen LogP contribution < -0.4 is 4.90 Å². The van der Waals surface area contributed by atoms with E-state index in [-0.39, 0.29) is 5.97 Å². The summed E-state index contributed by atoms with van der Waals surface area (Å²) in [6, 6.07) is 0. The third-order valence-corrected chi connectivity index (χ3v) is 4.21. The van der Waals surface area contributed by atoms with E-state index in [0.717, 1.165) is 31.7 Å². The van der Waals surface area contributed by atoms with E-state index in [1.54, 1.807) is 13.8 Å². The van der Waals surface area contributed by atoms with E-state index in [0.29, 0.717) is 34.9 Å². The maximum Gasteiger partial charge on any atom is 0.342 e. The van der Waals surface area contributed by atoms with E-state index in [1.807, 2.05) is 6.92 Å². The molecule has 1 aliphatic heterocycles. The van der Waals surface area contributed by atoms with Crippen LogP contribution in [0.5, 0.6) is 0 Å². The Bertz CT molecular complexity index is 715. The number of esters is 1. The van der Waals surface area contributed by atoms with Crippen LogP contribution in [0.15, 0.2) is 4.42 Å². The largest absolute Gasteiger partial charge is 0.462 e. The molecule has 0 atom stereocenters. The average Bonchev–Trinajstić information content (AvgIpc) is 2.69. The fraction of sp³-hybridized carbons (Fsp3) is 0.588. The first-order chi connectivity index (χ1) is 11.1. The molecule has 0 amide bonds. The van der Waals surface area contributed by atoms with Crippen LogP contribution in [0.1, 0.15) is 54.5 Å². The fourth-order valence-electron chi connectivity index (χ4n) is 3.16. The molecule has 2 aromatic rings. The van der Waals surface area contributed by atoms with Crippen LogP contribution in [0.4, 0.5) is 5.82 Å². The summed E-state index contributed by atoms with van der Waals surface area (Å²) in [6.07, 6.45) is 4.74. The zero-order valence-corrected chi connectivity index (χ0v) is 14.0. The standard InChI is InChI=1S/C17H23N3O3/c1-4-22-17(21)13-11(2)23-16-14(13)15(18-12(3)19-16)20-9-7-5-6-8-10-20/h4-10H2,1-3H3. The fourth-order valence-corrected chi connectivity index (χ4v) is 3.16. The van der Waals surface area contributed by atoms with Crippen molar-refractivity contribution >= 4 is 22.9 Å². The summed E-state index contributed by atoms with van der Waals surface area (Å²) in [4.78, 5) is 23.6. The Labute approximate surface area is 135 Å². The van der Waals surface area contributed by atoms with Gasteiger partial charge >= 0.3 is 5.97 Å². The van der Waals surface area contributed by atoms with Crippen molar-refractivity contribution in [2.24, 2.45) is 0 Å². The summed E-state index contributed by atoms with van der Waals surface area (Å²) in [7, 11) is 0. The molecule has 0 bridgehead atoms. The predicted octanol–water partition coefficient (Wildman–Crippen LogP) is 3.40. The minimum atomic E-state index is -0.368. The van der Waals surface area contributed by atoms with Crippen LogP contribution in [0.2, 0.25) is 0 Å². The van der Waals surface area contributed by atoms with Crippen molar-refractivity contribution in [3.8, 4) is 0 Å². The van der Waals surface area contributed by atoms with Gasteiger partial charge in [-0.3, -0.25) is 0 Å². The monoisotopic (exact) mass is 317 g/mol. The molecular formula is C17H23N3O3. The number of hydrogen-bond acceptors (Lipinski definition) is 6. The summed E-state index contributed by atoms with van der Waals surface area (Å²) < 4.78 is 10.9. The highest BCUT2D eigenvalue weighted by Crippen LogP contribution is 2.33. The Balaban J connectivity index is 2.16. The molecule has 1 aliphatic rings. The van der Waals surface area contributed by atoms with Gasteiger partial charge in [-0.2, -0.15) is 4.98 Å². The topological polar surface area (TPSA) is 68.5 Å². The number of ether oxygens (including phenoxy) is 1. The molecule has 3 rings (SSSR count). The third-order valence-electron chi connectivity index (χ3n) is 4.21. The summed E-state index contributed by atoms with van der Waals surface area (Å²) in [5.74, 6) is 1.62. The molecule has 2 aromatic heterocycles. The summed E-state index contributed by atoms with van der Waals surface area (Å²) in [5.41, 5.74) is 0.929. The van der Waals surface area contributed by atoms with Crippen molar-refractivity contribution in [2.45, 2.75) is 46.5 Å². The number of carbonyl (C=O) groups is 1. The molecule has 124 valence electrons. The zero-order valence-electron chi connectivity index (χ0n) is 14.0. The van der Waals surface area contributed by atoms with Crippen LogP contribution in [0.3, 0.4) is 0 Å². The Hall–Kier alpha value is -2.11. The van der Waals surface area contributed by atoms with Crippen molar-refractivity contribution in [3.63, 3.8) is 0 Å². The van der Waals surface area contributed by atoms with Gasteiger partial charge in [-0.05, 0) is 33.6 Å². The molecule has 1 fully saturated rings. The van der Waals surface area contributed by atoms with E-state index < -0.39 is 0 Å². The minimum Gasteiger partial charge on any atom is -0.462 e. The van der Waals surface area contributed by atoms with Gasteiger partial charge in [0.1, 0.15) is 23.0 Å². The molecule has 0 unspecified atom stereocenters. The molecule has 0 aliphatic carbocycles. The number of nitrogens with zero attached hydrogens (tertiary/aromatic N) is 3. The lowest BCUT2D eigenvalue weighted by atomic mass is 10.1. The first-order valence-electron chi connectivity index (χ1n) is 8.31. The molecule has 3 heterocycles. The Morgan fingerprint density at radius 2 is 1.87 bits per heavy atom. The highest BCUT2D eigenvalue weighted by molar-refractivity contribution is 6.08. The second-order valence-electron chi connectivity index (χ2n) is 5.93. The van der Waals surface area contributed by atoms with Gasteiger partial charge in [0.05, 0.1) is 12.0 Å². The number of furan rings is 1. The predicted molar refractivity (Wildman–Crippen MR) is 87.9 cm³/mol. The molecule has 0 saturated carbocycles. The van der Waals surface area contributed by atoms with Gasteiger partial charge in [-0.25, -0.2) is 9.78 Å². The molecule has 0 N–H and O–H groups in total. The number of aryl methyl sites for hydroxylation is 2. The Morgan fingerprint density at radius 1 is 1.17 bits per heavy atom. The first-order valence-corrected chi connectivity index (χ1v) is 8.31. The Kier molecular flexibility index (Phi) is 4.50. The number of hydrogen-bond donors (Lipinski definition) is 0. The number of rotatable bonds is 3. The van der Waals surface area contributed by atoms with Crippen LogP contribution in [-0.4, -0.2) is 35.6 Å². The number of carbonyl (C=O) groups excluding carboxylic acids is 1. The lowest BCUT2D eigenvalue weighted by Gasteiger charge is -2.22. The lowest BCUT2D eigenvalue weighted by Crippen LogP contribution is -2.26. The van der Waals surface area contributed by atoms with E-state index in [9.17, 15) is 4.79 Å². The smallest absolute Gasteiger partial charge is 0.342 e. The van der Waals surface area contributed by atoms with Crippen LogP contribution >= 0.6 is 0 Å². The van der Waals surface area contributed by atoms with Gasteiger partial charge in [-0.1, -0.05) is 12.8 Å². The van der Waals surface area contributed by atoms with Crippen molar-refractivity contribution in [3.05, 3.63) is 17.1 Å². The van der Waals surface area contributed by atoms with Crippen LogP contribution in [0, 0.1) is 13.8 Å². The van der Waals surface area contributed by atoms with Gasteiger partial charge in [0.2, 0.25) is 5.71 Å². The molecule has 1 saturated heterocycles. The quantitative estimate of drug-likeness (QED) is 0.808. The average molecular weight is 317 g/mol. The summed E-state index contributed by atoms with van der Waals surface area (Å²) in [5, 5.41) is 0.688. The van der Waals surface area contributed by atoms with Gasteiger partial charge in [0, 0.05) is 13.1 Å². The van der Waals surface area contributed by atoms with E-state index >= 15 is 0 Å². The van der Waals surface area contributed by atoms with Gasteiger partial charge < -0.3 is 14.1 Å². The molecule has 0 radical (unpaired) electrons. The SMILES string of the molecule is CCOC(=O)c1c(C)oc2nc(C)nc(N3CCCCCC3)c12. The van der Waals surface area contributed by atoms with Crippen molar-refractivity contribution in [2.75, 3.05) is 24.6 Å². The van der Waals surface area contributed by atoms with Crippen molar-refractivity contribution < 1.29 is 13.9 Å². The van der Waals surface area contributed by atoms with Crippen molar-refractivity contribution in [1.82, 2.24) is 9.97 Å². The lowest BCUT2D eigenvalue weighted by molar-refractivity contribution is 0.0526. The highest BCUT2D eigenvalue weighted by Gasteiger charge is 2.26. The third kappa shape index (κ3) is 3.02. The summed E-state index contributed by atoms with van der Waals surface area (Å²) in [6.45, 7) is 7.64. The highest BCUT2D eigenvalue weighted by atomic mass is 16.5. The minimum absolute atomic E-state index is 0.330. The molecule has 23 heavy (non-hydrogen) atoms. The van der Waals surface area contributed by atoms with Gasteiger partial charge in [-0.15, -0.1) is 0 Å². The maximum absolute atomic E-state index is 12.4. The zero-order chi connectivity index (χ0) is 16.4. The first kappa shape index (κ1) is 15.8. The second kappa shape index (κ2) is 6.56. The van der Waals surface area contributed by atoms with Crippen LogP contribution in [0.25, 0.3) is 11.1 Å². The van der Waals surface area contributed by atoms with Gasteiger partial charge in [0.15, 0.2) is 0 Å². The summed E-state index contributed by atoms with van der Waals surface area (Å²) >= 11 is 0. The molecule has 6 nitrogen and oxygen atoms in total. The van der Waals surface area contributed by atoms with E-state index in [4.69, 9.17) is 9.15 Å². The number of aromatic nitrogens is 2. The second-order valence-corrected chi connectivity index (χ2v) is 5.93. The van der Waals surface area contributed by atoms with Crippen molar-refractivity contribution in [1.29, 1.82) is 0 Å². The molecule has 0 aromatic carbocycles. The van der Waals surface area contributed by atoms with Crippen LogP contribution in [-0.2, 0) is 4.74 Å². The molecular weight excluding hydrogens is 294 g/mol. The maximum atomic E-state index is 12.4. The van der Waals surface area contributed by atoms with E-state index in [2.05, 4.69) is 14.9 Å². The number of anilines is 1. The Morgan fingerprint density at radius 3 is 2.52 bits per heavy atom. The van der Waals surface area contributed by atoms with Gasteiger partial charge in [0.25, 0.3) is 0 Å². The number of fused-ring (bicyclic) bond motifs is 1.